The van der Waals surface area contributed by atoms with Gasteiger partial charge in [0.15, 0.2) is 0 Å². The summed E-state index contributed by atoms with van der Waals surface area (Å²) in [6.07, 6.45) is 1.93. The van der Waals surface area contributed by atoms with Crippen molar-refractivity contribution in [3.8, 4) is 5.75 Å². The molecule has 1 aliphatic rings. The molecule has 1 fully saturated rings. The first-order chi connectivity index (χ1) is 15.5. The number of para-hydroxylation sites is 1. The molecule has 2 aromatic carbocycles. The Labute approximate surface area is 196 Å². The second-order valence-electron chi connectivity index (χ2n) is 7.79. The minimum Gasteiger partial charge on any atom is -0.490 e. The van der Waals surface area contributed by atoms with Crippen molar-refractivity contribution in [2.24, 2.45) is 0 Å². The van der Waals surface area contributed by atoms with Gasteiger partial charge in [0, 0.05) is 24.5 Å². The van der Waals surface area contributed by atoms with Crippen LogP contribution >= 0.6 is 22.9 Å². The Balaban J connectivity index is 1.43. The topological polar surface area (TPSA) is 54.5 Å². The lowest BCUT2D eigenvalue weighted by Crippen LogP contribution is -2.44. The van der Waals surface area contributed by atoms with Crippen LogP contribution in [0.5, 0.6) is 5.75 Å². The summed E-state index contributed by atoms with van der Waals surface area (Å²) in [5.41, 5.74) is 2.64. The Morgan fingerprint density at radius 3 is 2.66 bits per heavy atom. The monoisotopic (exact) mass is 473 g/mol. The van der Waals surface area contributed by atoms with Gasteiger partial charge in [0.1, 0.15) is 17.7 Å². The van der Waals surface area contributed by atoms with E-state index in [4.69, 9.17) is 16.3 Å². The molecule has 0 aliphatic carbocycles. The van der Waals surface area contributed by atoms with Crippen LogP contribution in [0.15, 0.2) is 54.0 Å². The molecule has 1 aliphatic heterocycles. The number of hydrogen-bond donors (Lipinski definition) is 1. The summed E-state index contributed by atoms with van der Waals surface area (Å²) in [5, 5.41) is 2.99. The van der Waals surface area contributed by atoms with Crippen LogP contribution in [0.25, 0.3) is 0 Å². The third-order valence-electron chi connectivity index (χ3n) is 5.69. The van der Waals surface area contributed by atoms with Gasteiger partial charge in [-0.25, -0.2) is 9.37 Å². The van der Waals surface area contributed by atoms with Crippen LogP contribution in [-0.4, -0.2) is 41.5 Å². The highest BCUT2D eigenvalue weighted by Gasteiger charge is 2.30. The largest absolute Gasteiger partial charge is 0.490 e. The standard InChI is InChI=1S/C24H25ClFN3O2S/c1-16-23(32-15-28-16)21(14-27-24(30)22-19(25)8-5-9-20(22)26)29-12-10-18(11-13-29)31-17-6-3-2-4-7-17/h2-9,15,18,21H,10-14H2,1H3,(H,27,30). The van der Waals surface area contributed by atoms with Crippen molar-refractivity contribution in [3.05, 3.63) is 81.0 Å². The maximum absolute atomic E-state index is 14.2. The number of aryl methyl sites for hydroxylation is 1. The summed E-state index contributed by atoms with van der Waals surface area (Å²) in [6.45, 7) is 3.97. The van der Waals surface area contributed by atoms with Crippen LogP contribution in [0.3, 0.4) is 0 Å². The zero-order valence-corrected chi connectivity index (χ0v) is 19.3. The van der Waals surface area contributed by atoms with E-state index in [9.17, 15) is 9.18 Å². The summed E-state index contributed by atoms with van der Waals surface area (Å²) in [6, 6.07) is 14.0. The molecule has 1 aromatic heterocycles. The van der Waals surface area contributed by atoms with Crippen molar-refractivity contribution in [2.75, 3.05) is 19.6 Å². The maximum atomic E-state index is 14.2. The molecule has 1 saturated heterocycles. The fourth-order valence-electron chi connectivity index (χ4n) is 4.01. The molecule has 168 valence electrons. The second-order valence-corrected chi connectivity index (χ2v) is 9.08. The highest BCUT2D eigenvalue weighted by molar-refractivity contribution is 7.09. The van der Waals surface area contributed by atoms with Gasteiger partial charge in [0.2, 0.25) is 0 Å². The maximum Gasteiger partial charge on any atom is 0.255 e. The van der Waals surface area contributed by atoms with E-state index in [1.165, 1.54) is 18.2 Å². The number of nitrogens with one attached hydrogen (secondary N) is 1. The normalized spacial score (nSPS) is 16.0. The molecule has 4 rings (SSSR count). The zero-order valence-electron chi connectivity index (χ0n) is 17.8. The molecule has 2 heterocycles. The Morgan fingerprint density at radius 1 is 1.25 bits per heavy atom. The van der Waals surface area contributed by atoms with Gasteiger partial charge in [-0.15, -0.1) is 11.3 Å². The molecule has 8 heteroatoms. The minimum atomic E-state index is -0.626. The van der Waals surface area contributed by atoms with Crippen molar-refractivity contribution in [1.29, 1.82) is 0 Å². The van der Waals surface area contributed by atoms with Crippen LogP contribution in [-0.2, 0) is 0 Å². The van der Waals surface area contributed by atoms with Crippen LogP contribution in [0, 0.1) is 12.7 Å². The lowest BCUT2D eigenvalue weighted by atomic mass is 10.0. The number of rotatable bonds is 7. The van der Waals surface area contributed by atoms with Crippen molar-refractivity contribution >= 4 is 28.8 Å². The zero-order chi connectivity index (χ0) is 22.5. The van der Waals surface area contributed by atoms with Crippen LogP contribution < -0.4 is 10.1 Å². The number of benzene rings is 2. The molecule has 1 unspecified atom stereocenters. The first-order valence-electron chi connectivity index (χ1n) is 10.6. The highest BCUT2D eigenvalue weighted by atomic mass is 35.5. The third kappa shape index (κ3) is 5.28. The van der Waals surface area contributed by atoms with Gasteiger partial charge in [-0.2, -0.15) is 0 Å². The van der Waals surface area contributed by atoms with Crippen molar-refractivity contribution < 1.29 is 13.9 Å². The van der Waals surface area contributed by atoms with Gasteiger partial charge in [-0.3, -0.25) is 9.69 Å². The van der Waals surface area contributed by atoms with Gasteiger partial charge in [-0.05, 0) is 44.0 Å². The number of ether oxygens (including phenoxy) is 1. The predicted molar refractivity (Wildman–Crippen MR) is 125 cm³/mol. The number of piperidine rings is 1. The average Bonchev–Trinajstić information content (AvgIpc) is 3.21. The molecule has 0 spiro atoms. The van der Waals surface area contributed by atoms with E-state index in [2.05, 4.69) is 15.2 Å². The van der Waals surface area contributed by atoms with Crippen LogP contribution in [0.2, 0.25) is 5.02 Å². The number of carbonyl (C=O) groups excluding carboxylic acids is 1. The molecular weight excluding hydrogens is 449 g/mol. The molecule has 3 aromatic rings. The number of hydrogen-bond acceptors (Lipinski definition) is 5. The molecule has 0 saturated carbocycles. The number of halogens is 2. The molecule has 32 heavy (non-hydrogen) atoms. The van der Waals surface area contributed by atoms with Gasteiger partial charge >= 0.3 is 0 Å². The Kier molecular flexibility index (Phi) is 7.40. The SMILES string of the molecule is Cc1ncsc1C(CNC(=O)c1c(F)cccc1Cl)N1CCC(Oc2ccccc2)CC1. The molecule has 1 atom stereocenters. The molecule has 5 nitrogen and oxygen atoms in total. The first kappa shape index (κ1) is 22.7. The number of carbonyl (C=O) groups is 1. The van der Waals surface area contributed by atoms with E-state index in [1.807, 2.05) is 42.8 Å². The Hall–Kier alpha value is -2.48. The average molecular weight is 474 g/mol. The highest BCUT2D eigenvalue weighted by Crippen LogP contribution is 2.30. The predicted octanol–water partition coefficient (Wildman–Crippen LogP) is 5.26. The molecular formula is C24H25ClFN3O2S. The lowest BCUT2D eigenvalue weighted by Gasteiger charge is -2.37. The van der Waals surface area contributed by atoms with Crippen molar-refractivity contribution in [3.63, 3.8) is 0 Å². The summed E-state index contributed by atoms with van der Waals surface area (Å²) in [4.78, 5) is 20.5. The summed E-state index contributed by atoms with van der Waals surface area (Å²) in [7, 11) is 0. The molecule has 0 bridgehead atoms. The quantitative estimate of drug-likeness (QED) is 0.508. The van der Waals surface area contributed by atoms with Gasteiger partial charge in [0.05, 0.1) is 27.8 Å². The fraction of sp³-hybridized carbons (Fsp3) is 0.333. The lowest BCUT2D eigenvalue weighted by molar-refractivity contribution is 0.0720. The molecule has 1 amide bonds. The Morgan fingerprint density at radius 2 is 2.00 bits per heavy atom. The number of thiazole rings is 1. The number of nitrogens with zero attached hydrogens (tertiary/aromatic N) is 2. The first-order valence-corrected chi connectivity index (χ1v) is 11.9. The van der Waals surface area contributed by atoms with Gasteiger partial charge < -0.3 is 10.1 Å². The van der Waals surface area contributed by atoms with Crippen LogP contribution in [0.1, 0.15) is 39.8 Å². The van der Waals surface area contributed by atoms with E-state index < -0.39 is 11.7 Å². The van der Waals surface area contributed by atoms with E-state index in [0.717, 1.165) is 42.3 Å². The fourth-order valence-corrected chi connectivity index (χ4v) is 5.19. The third-order valence-corrected chi connectivity index (χ3v) is 7.04. The van der Waals surface area contributed by atoms with E-state index >= 15 is 0 Å². The van der Waals surface area contributed by atoms with E-state index in [1.54, 1.807) is 11.3 Å². The van der Waals surface area contributed by atoms with E-state index in [-0.39, 0.29) is 22.7 Å². The van der Waals surface area contributed by atoms with Crippen molar-refractivity contribution in [1.82, 2.24) is 15.2 Å². The second kappa shape index (κ2) is 10.4. The van der Waals surface area contributed by atoms with Crippen LogP contribution in [0.4, 0.5) is 4.39 Å². The number of aromatic nitrogens is 1. The molecule has 0 radical (unpaired) electrons. The summed E-state index contributed by atoms with van der Waals surface area (Å²) < 4.78 is 20.3. The Bertz CT molecular complexity index is 1030. The number of amides is 1. The minimum absolute atomic E-state index is 0.0466. The smallest absolute Gasteiger partial charge is 0.255 e. The van der Waals surface area contributed by atoms with Gasteiger partial charge in [0.25, 0.3) is 5.91 Å². The summed E-state index contributed by atoms with van der Waals surface area (Å²) >= 11 is 7.64. The summed E-state index contributed by atoms with van der Waals surface area (Å²) in [5.74, 6) is -0.253. The molecule has 1 N–H and O–H groups in total. The van der Waals surface area contributed by atoms with E-state index in [0.29, 0.717) is 6.54 Å². The number of likely N-dealkylation sites (tertiary alicyclic amines) is 1. The van der Waals surface area contributed by atoms with Crippen molar-refractivity contribution in [2.45, 2.75) is 31.9 Å². The van der Waals surface area contributed by atoms with Gasteiger partial charge in [-0.1, -0.05) is 35.9 Å².